The van der Waals surface area contributed by atoms with Gasteiger partial charge >= 0.3 is 0 Å². The molecule has 0 atom stereocenters. The molecule has 0 amide bonds. The third kappa shape index (κ3) is 2.97. The van der Waals surface area contributed by atoms with E-state index in [2.05, 4.69) is 0 Å². The van der Waals surface area contributed by atoms with Gasteiger partial charge in [0.05, 0.1) is 5.56 Å². The maximum atomic E-state index is 13.4. The average Bonchev–Trinajstić information content (AvgIpc) is 3.18. The molecule has 30 heavy (non-hydrogen) atoms. The first-order valence-corrected chi connectivity index (χ1v) is 10.8. The quantitative estimate of drug-likeness (QED) is 0.258. The molecule has 1 heterocycles. The van der Waals surface area contributed by atoms with E-state index in [1.807, 2.05) is 85.1 Å². The Labute approximate surface area is 178 Å². The standard InChI is InChI=1S/C26H18O3S/c1-30-26-23(21-15-22(27)19-9-5-6-10-20(19)25(21)29-26)24(28)18-13-11-17(12-14-18)16-7-3-2-4-8-16/h2-15,27H,1H3. The SMILES string of the molecule is CSc1oc2c(cc(O)c3ccccc32)c1C(=O)c1ccc(-c2ccccc2)cc1. The van der Waals surface area contributed by atoms with Gasteiger partial charge in [-0.2, -0.15) is 0 Å². The van der Waals surface area contributed by atoms with E-state index in [9.17, 15) is 9.90 Å². The number of phenolic OH excluding ortho intramolecular Hbond substituents is 1. The van der Waals surface area contributed by atoms with E-state index in [0.29, 0.717) is 32.6 Å². The predicted molar refractivity (Wildman–Crippen MR) is 122 cm³/mol. The van der Waals surface area contributed by atoms with Crippen LogP contribution in [0.25, 0.3) is 32.9 Å². The summed E-state index contributed by atoms with van der Waals surface area (Å²) in [5.41, 5.74) is 3.85. The Hall–Kier alpha value is -3.50. The Balaban J connectivity index is 1.64. The lowest BCUT2D eigenvalue weighted by atomic mass is 9.98. The second-order valence-corrected chi connectivity index (χ2v) is 7.84. The molecule has 0 radical (unpaired) electrons. The number of hydrogen-bond donors (Lipinski definition) is 1. The highest BCUT2D eigenvalue weighted by Crippen LogP contribution is 2.40. The number of carbonyl (C=O) groups is 1. The number of benzene rings is 4. The average molecular weight is 410 g/mol. The van der Waals surface area contributed by atoms with Crippen LogP contribution in [0.3, 0.4) is 0 Å². The summed E-state index contributed by atoms with van der Waals surface area (Å²) in [4.78, 5) is 13.4. The van der Waals surface area contributed by atoms with E-state index >= 15 is 0 Å². The molecule has 0 unspecified atom stereocenters. The van der Waals surface area contributed by atoms with Crippen molar-refractivity contribution in [3.05, 3.63) is 96.1 Å². The van der Waals surface area contributed by atoms with E-state index in [0.717, 1.165) is 16.5 Å². The summed E-state index contributed by atoms with van der Waals surface area (Å²) in [6.45, 7) is 0. The summed E-state index contributed by atoms with van der Waals surface area (Å²) in [7, 11) is 0. The van der Waals surface area contributed by atoms with Gasteiger partial charge in [0, 0.05) is 21.7 Å². The van der Waals surface area contributed by atoms with Gasteiger partial charge in [0.1, 0.15) is 11.3 Å². The van der Waals surface area contributed by atoms with Gasteiger partial charge < -0.3 is 9.52 Å². The molecule has 0 fully saturated rings. The van der Waals surface area contributed by atoms with Crippen LogP contribution in [0.5, 0.6) is 5.75 Å². The molecule has 5 rings (SSSR count). The number of phenols is 1. The van der Waals surface area contributed by atoms with Crippen LogP contribution in [0, 0.1) is 0 Å². The summed E-state index contributed by atoms with van der Waals surface area (Å²) in [6.07, 6.45) is 1.88. The summed E-state index contributed by atoms with van der Waals surface area (Å²) < 4.78 is 6.08. The summed E-state index contributed by atoms with van der Waals surface area (Å²) in [6, 6.07) is 26.8. The monoisotopic (exact) mass is 410 g/mol. The van der Waals surface area contributed by atoms with Gasteiger partial charge in [-0.25, -0.2) is 0 Å². The minimum absolute atomic E-state index is 0.118. The van der Waals surface area contributed by atoms with Crippen molar-refractivity contribution >= 4 is 39.3 Å². The molecule has 4 heteroatoms. The molecule has 0 bridgehead atoms. The lowest BCUT2D eigenvalue weighted by Gasteiger charge is -2.05. The Morgan fingerprint density at radius 1 is 0.800 bits per heavy atom. The second kappa shape index (κ2) is 7.39. The molecule has 0 aliphatic heterocycles. The third-order valence-electron chi connectivity index (χ3n) is 5.31. The Kier molecular flexibility index (Phi) is 4.57. The minimum atomic E-state index is -0.118. The van der Waals surface area contributed by atoms with Crippen LogP contribution in [0.2, 0.25) is 0 Å². The number of ketones is 1. The Morgan fingerprint density at radius 2 is 1.43 bits per heavy atom. The molecule has 0 saturated heterocycles. The number of aromatic hydroxyl groups is 1. The zero-order valence-electron chi connectivity index (χ0n) is 16.3. The minimum Gasteiger partial charge on any atom is -0.507 e. The van der Waals surface area contributed by atoms with Crippen molar-refractivity contribution in [2.45, 2.75) is 5.09 Å². The van der Waals surface area contributed by atoms with Gasteiger partial charge in [-0.05, 0) is 23.4 Å². The highest BCUT2D eigenvalue weighted by Gasteiger charge is 2.24. The van der Waals surface area contributed by atoms with Crippen molar-refractivity contribution in [3.8, 4) is 16.9 Å². The van der Waals surface area contributed by atoms with Crippen molar-refractivity contribution < 1.29 is 14.3 Å². The smallest absolute Gasteiger partial charge is 0.198 e. The number of carbonyl (C=O) groups excluding carboxylic acids is 1. The van der Waals surface area contributed by atoms with Gasteiger partial charge in [-0.3, -0.25) is 4.79 Å². The van der Waals surface area contributed by atoms with Crippen LogP contribution in [0.15, 0.2) is 94.4 Å². The fourth-order valence-electron chi connectivity index (χ4n) is 3.83. The van der Waals surface area contributed by atoms with Crippen LogP contribution in [0.4, 0.5) is 0 Å². The van der Waals surface area contributed by atoms with E-state index in [4.69, 9.17) is 4.42 Å². The predicted octanol–water partition coefficient (Wildman–Crippen LogP) is 6.91. The highest BCUT2D eigenvalue weighted by molar-refractivity contribution is 7.98. The first kappa shape index (κ1) is 18.5. The second-order valence-electron chi connectivity index (χ2n) is 7.06. The molecule has 3 nitrogen and oxygen atoms in total. The molecule has 0 aliphatic carbocycles. The molecular formula is C26H18O3S. The summed E-state index contributed by atoms with van der Waals surface area (Å²) in [5.74, 6) is 0.0208. The van der Waals surface area contributed by atoms with Crippen molar-refractivity contribution in [2.24, 2.45) is 0 Å². The highest BCUT2D eigenvalue weighted by atomic mass is 32.2. The van der Waals surface area contributed by atoms with Crippen molar-refractivity contribution in [1.82, 2.24) is 0 Å². The first-order valence-electron chi connectivity index (χ1n) is 9.59. The van der Waals surface area contributed by atoms with Gasteiger partial charge in [-0.15, -0.1) is 0 Å². The van der Waals surface area contributed by atoms with Gasteiger partial charge in [-0.1, -0.05) is 90.6 Å². The van der Waals surface area contributed by atoms with Crippen molar-refractivity contribution in [2.75, 3.05) is 6.26 Å². The molecule has 0 spiro atoms. The van der Waals surface area contributed by atoms with Crippen LogP contribution < -0.4 is 0 Å². The summed E-state index contributed by atoms with van der Waals surface area (Å²) >= 11 is 1.39. The van der Waals surface area contributed by atoms with E-state index in [1.165, 1.54) is 11.8 Å². The van der Waals surface area contributed by atoms with Crippen molar-refractivity contribution in [1.29, 1.82) is 0 Å². The van der Waals surface area contributed by atoms with Crippen molar-refractivity contribution in [3.63, 3.8) is 0 Å². The van der Waals surface area contributed by atoms with Crippen LogP contribution in [-0.2, 0) is 0 Å². The Morgan fingerprint density at radius 3 is 2.13 bits per heavy atom. The molecule has 1 aromatic heterocycles. The first-order chi connectivity index (χ1) is 14.7. The molecule has 1 N–H and O–H groups in total. The number of furan rings is 1. The zero-order chi connectivity index (χ0) is 20.7. The fourth-order valence-corrected chi connectivity index (χ4v) is 4.40. The molecule has 4 aromatic carbocycles. The molecule has 0 aliphatic rings. The van der Waals surface area contributed by atoms with E-state index in [-0.39, 0.29) is 11.5 Å². The lowest BCUT2D eigenvalue weighted by molar-refractivity contribution is 0.103. The maximum absolute atomic E-state index is 13.4. The number of thioether (sulfide) groups is 1. The van der Waals surface area contributed by atoms with Gasteiger partial charge in [0.25, 0.3) is 0 Å². The lowest BCUT2D eigenvalue weighted by Crippen LogP contribution is -2.01. The molecular weight excluding hydrogens is 392 g/mol. The number of hydrogen-bond acceptors (Lipinski definition) is 4. The van der Waals surface area contributed by atoms with Crippen LogP contribution in [-0.4, -0.2) is 17.1 Å². The van der Waals surface area contributed by atoms with Crippen LogP contribution in [0.1, 0.15) is 15.9 Å². The van der Waals surface area contributed by atoms with E-state index in [1.54, 1.807) is 6.07 Å². The fraction of sp³-hybridized carbons (Fsp3) is 0.0385. The van der Waals surface area contributed by atoms with Gasteiger partial charge in [0.2, 0.25) is 0 Å². The molecule has 5 aromatic rings. The third-order valence-corrected chi connectivity index (χ3v) is 5.97. The molecule has 146 valence electrons. The van der Waals surface area contributed by atoms with Crippen LogP contribution >= 0.6 is 11.8 Å². The topological polar surface area (TPSA) is 50.4 Å². The maximum Gasteiger partial charge on any atom is 0.198 e. The number of rotatable bonds is 4. The number of fused-ring (bicyclic) bond motifs is 3. The largest absolute Gasteiger partial charge is 0.507 e. The van der Waals surface area contributed by atoms with E-state index < -0.39 is 0 Å². The molecule has 0 saturated carbocycles. The Bertz CT molecular complexity index is 1380. The summed E-state index contributed by atoms with van der Waals surface area (Å²) in [5, 5.41) is 13.2. The zero-order valence-corrected chi connectivity index (χ0v) is 17.1. The normalized spacial score (nSPS) is 11.2. The van der Waals surface area contributed by atoms with Gasteiger partial charge in [0.15, 0.2) is 10.9 Å².